The van der Waals surface area contributed by atoms with Crippen molar-refractivity contribution in [2.75, 3.05) is 11.9 Å². The molecule has 21 heavy (non-hydrogen) atoms. The smallest absolute Gasteiger partial charge is 0.154 e. The van der Waals surface area contributed by atoms with Crippen molar-refractivity contribution in [1.82, 2.24) is 10.3 Å². The Bertz CT molecular complexity index is 477. The van der Waals surface area contributed by atoms with Gasteiger partial charge in [-0.15, -0.1) is 0 Å². The van der Waals surface area contributed by atoms with E-state index in [0.717, 1.165) is 17.8 Å². The number of anilines is 1. The summed E-state index contributed by atoms with van der Waals surface area (Å²) in [7, 11) is 0. The Labute approximate surface area is 136 Å². The second-order valence-electron chi connectivity index (χ2n) is 6.33. The van der Waals surface area contributed by atoms with E-state index in [0.29, 0.717) is 28.3 Å². The van der Waals surface area contributed by atoms with Crippen LogP contribution in [0.5, 0.6) is 0 Å². The molecule has 0 radical (unpaired) electrons. The van der Waals surface area contributed by atoms with Gasteiger partial charge in [-0.1, -0.05) is 36.0 Å². The van der Waals surface area contributed by atoms with Gasteiger partial charge in [-0.05, 0) is 56.7 Å². The van der Waals surface area contributed by atoms with Gasteiger partial charge in [0.15, 0.2) is 5.15 Å². The minimum atomic E-state index is 0.458. The van der Waals surface area contributed by atoms with Crippen LogP contribution >= 0.6 is 23.2 Å². The van der Waals surface area contributed by atoms with E-state index < -0.39 is 0 Å². The lowest BCUT2D eigenvalue weighted by Crippen LogP contribution is -2.44. The third kappa shape index (κ3) is 3.46. The molecule has 5 heteroatoms. The Morgan fingerprint density at radius 3 is 2.76 bits per heavy atom. The van der Waals surface area contributed by atoms with Crippen LogP contribution in [0.4, 0.5) is 5.69 Å². The zero-order valence-corrected chi connectivity index (χ0v) is 14.0. The first-order chi connectivity index (χ1) is 10.1. The maximum atomic E-state index is 6.27. The van der Waals surface area contributed by atoms with Crippen molar-refractivity contribution >= 4 is 28.9 Å². The fourth-order valence-electron chi connectivity index (χ4n) is 3.85. The number of aryl methyl sites for hydroxylation is 1. The van der Waals surface area contributed by atoms with Gasteiger partial charge in [0.05, 0.1) is 5.69 Å². The molecule has 3 rings (SSSR count). The molecule has 0 aromatic carbocycles. The SMILES string of the molecule is Cc1cc(Cl)nc(Cl)c1NC1CCCC1C1CCCCN1. The fourth-order valence-corrected chi connectivity index (χ4v) is 4.43. The first-order valence-corrected chi connectivity index (χ1v) is 8.73. The van der Waals surface area contributed by atoms with Gasteiger partial charge >= 0.3 is 0 Å². The zero-order valence-electron chi connectivity index (χ0n) is 12.5. The van der Waals surface area contributed by atoms with Crippen LogP contribution in [0.25, 0.3) is 0 Å². The average Bonchev–Trinajstić information content (AvgIpc) is 2.92. The van der Waals surface area contributed by atoms with Crippen LogP contribution < -0.4 is 10.6 Å². The largest absolute Gasteiger partial charge is 0.379 e. The summed E-state index contributed by atoms with van der Waals surface area (Å²) in [6.07, 6.45) is 7.76. The summed E-state index contributed by atoms with van der Waals surface area (Å²) in [6, 6.07) is 3.01. The molecule has 0 amide bonds. The second kappa shape index (κ2) is 6.72. The molecule has 0 bridgehead atoms. The summed E-state index contributed by atoms with van der Waals surface area (Å²) >= 11 is 12.2. The number of nitrogens with zero attached hydrogens (tertiary/aromatic N) is 1. The lowest BCUT2D eigenvalue weighted by molar-refractivity contribution is 0.286. The summed E-state index contributed by atoms with van der Waals surface area (Å²) in [5.41, 5.74) is 2.02. The highest BCUT2D eigenvalue weighted by Crippen LogP contribution is 2.36. The molecule has 2 aliphatic rings. The first kappa shape index (κ1) is 15.4. The third-order valence-corrected chi connectivity index (χ3v) is 5.37. The number of hydrogen-bond acceptors (Lipinski definition) is 3. The Kier molecular flexibility index (Phi) is 4.92. The molecule has 1 aliphatic carbocycles. The van der Waals surface area contributed by atoms with Gasteiger partial charge in [0.2, 0.25) is 0 Å². The quantitative estimate of drug-likeness (QED) is 0.807. The van der Waals surface area contributed by atoms with Crippen molar-refractivity contribution in [1.29, 1.82) is 0 Å². The average molecular weight is 328 g/mol. The molecule has 1 saturated carbocycles. The van der Waals surface area contributed by atoms with Gasteiger partial charge in [-0.2, -0.15) is 0 Å². The summed E-state index contributed by atoms with van der Waals surface area (Å²) in [5.74, 6) is 0.691. The molecule has 2 heterocycles. The number of aromatic nitrogens is 1. The van der Waals surface area contributed by atoms with Crippen molar-refractivity contribution in [3.05, 3.63) is 21.9 Å². The fraction of sp³-hybridized carbons (Fsp3) is 0.688. The summed E-state index contributed by atoms with van der Waals surface area (Å²) in [4.78, 5) is 4.17. The van der Waals surface area contributed by atoms with E-state index in [1.165, 1.54) is 38.5 Å². The standard InChI is InChI=1S/C16H23Cl2N3/c1-10-9-14(17)21-16(18)15(10)20-13-7-4-5-11(13)12-6-2-3-8-19-12/h9,11-13,19-20H,2-8H2,1H3. The van der Waals surface area contributed by atoms with E-state index in [1.54, 1.807) is 0 Å². The molecule has 0 spiro atoms. The summed E-state index contributed by atoms with van der Waals surface area (Å²) in [6.45, 7) is 3.20. The number of rotatable bonds is 3. The molecule has 3 nitrogen and oxygen atoms in total. The van der Waals surface area contributed by atoms with Gasteiger partial charge in [-0.3, -0.25) is 0 Å². The highest BCUT2D eigenvalue weighted by molar-refractivity contribution is 6.34. The summed E-state index contributed by atoms with van der Waals surface area (Å²) < 4.78 is 0. The molecule has 3 atom stereocenters. The summed E-state index contributed by atoms with van der Waals surface area (Å²) in [5, 5.41) is 8.31. The van der Waals surface area contributed by atoms with E-state index in [-0.39, 0.29) is 0 Å². The van der Waals surface area contributed by atoms with Crippen LogP contribution in [-0.4, -0.2) is 23.6 Å². The molecule has 1 aromatic heterocycles. The molecule has 116 valence electrons. The van der Waals surface area contributed by atoms with Gasteiger partial charge < -0.3 is 10.6 Å². The Morgan fingerprint density at radius 2 is 2.05 bits per heavy atom. The van der Waals surface area contributed by atoms with Crippen LogP contribution in [0.15, 0.2) is 6.07 Å². The molecular formula is C16H23Cl2N3. The van der Waals surface area contributed by atoms with E-state index in [4.69, 9.17) is 23.2 Å². The van der Waals surface area contributed by atoms with Crippen LogP contribution in [-0.2, 0) is 0 Å². The monoisotopic (exact) mass is 327 g/mol. The van der Waals surface area contributed by atoms with Crippen LogP contribution in [0.3, 0.4) is 0 Å². The highest BCUT2D eigenvalue weighted by Gasteiger charge is 2.34. The zero-order chi connectivity index (χ0) is 14.8. The molecule has 1 saturated heterocycles. The van der Waals surface area contributed by atoms with Crippen molar-refractivity contribution < 1.29 is 0 Å². The molecule has 1 aromatic rings. The number of hydrogen-bond donors (Lipinski definition) is 2. The molecule has 1 aliphatic heterocycles. The molecule has 2 fully saturated rings. The lowest BCUT2D eigenvalue weighted by Gasteiger charge is -2.33. The van der Waals surface area contributed by atoms with E-state index in [2.05, 4.69) is 15.6 Å². The first-order valence-electron chi connectivity index (χ1n) is 7.97. The van der Waals surface area contributed by atoms with Crippen molar-refractivity contribution in [2.24, 2.45) is 5.92 Å². The van der Waals surface area contributed by atoms with Crippen LogP contribution in [0.2, 0.25) is 10.3 Å². The van der Waals surface area contributed by atoms with E-state index in [9.17, 15) is 0 Å². The van der Waals surface area contributed by atoms with Crippen molar-refractivity contribution in [2.45, 2.75) is 57.5 Å². The van der Waals surface area contributed by atoms with Gasteiger partial charge in [0.25, 0.3) is 0 Å². The maximum Gasteiger partial charge on any atom is 0.154 e. The lowest BCUT2D eigenvalue weighted by atomic mass is 9.88. The van der Waals surface area contributed by atoms with E-state index >= 15 is 0 Å². The van der Waals surface area contributed by atoms with Crippen molar-refractivity contribution in [3.63, 3.8) is 0 Å². The van der Waals surface area contributed by atoms with Gasteiger partial charge in [0, 0.05) is 12.1 Å². The maximum absolute atomic E-state index is 6.27. The normalized spacial score (nSPS) is 29.6. The van der Waals surface area contributed by atoms with Gasteiger partial charge in [-0.25, -0.2) is 4.98 Å². The minimum absolute atomic E-state index is 0.458. The Hall–Kier alpha value is -0.510. The third-order valence-electron chi connectivity index (χ3n) is 4.91. The van der Waals surface area contributed by atoms with Gasteiger partial charge in [0.1, 0.15) is 5.15 Å². The molecule has 2 N–H and O–H groups in total. The van der Waals surface area contributed by atoms with Crippen LogP contribution in [0.1, 0.15) is 44.1 Å². The number of piperidine rings is 1. The number of pyridine rings is 1. The predicted molar refractivity (Wildman–Crippen MR) is 89.4 cm³/mol. The van der Waals surface area contributed by atoms with Crippen LogP contribution in [0, 0.1) is 12.8 Å². The number of halogens is 2. The highest BCUT2D eigenvalue weighted by atomic mass is 35.5. The Balaban J connectivity index is 1.74. The topological polar surface area (TPSA) is 37.0 Å². The predicted octanol–water partition coefficient (Wildman–Crippen LogP) is 4.42. The molecular weight excluding hydrogens is 305 g/mol. The number of nitrogens with one attached hydrogen (secondary N) is 2. The van der Waals surface area contributed by atoms with E-state index in [1.807, 2.05) is 13.0 Å². The second-order valence-corrected chi connectivity index (χ2v) is 7.07. The Morgan fingerprint density at radius 1 is 1.19 bits per heavy atom. The minimum Gasteiger partial charge on any atom is -0.379 e. The van der Waals surface area contributed by atoms with Crippen molar-refractivity contribution in [3.8, 4) is 0 Å². The molecule has 3 unspecified atom stereocenters.